The Kier molecular flexibility index (Phi) is 7.24. The molecule has 0 saturated heterocycles. The number of rotatable bonds is 7. The summed E-state index contributed by atoms with van der Waals surface area (Å²) in [6.45, 7) is -0.365. The second kappa shape index (κ2) is 8.35. The number of hydrogen-bond donors (Lipinski definition) is 0. The molecular weight excluding hydrogens is 385 g/mol. The molecular formula is C14H18ClF3N2O4S. The molecule has 0 aromatic heterocycles. The zero-order valence-corrected chi connectivity index (χ0v) is 15.4. The first-order chi connectivity index (χ1) is 11.4. The summed E-state index contributed by atoms with van der Waals surface area (Å²) in [5, 5.41) is -0.523. The first kappa shape index (κ1) is 21.7. The second-order valence-corrected chi connectivity index (χ2v) is 7.73. The molecule has 142 valence electrons. The fraction of sp³-hybridized carbons (Fsp3) is 0.500. The molecule has 0 N–H and O–H groups in total. The number of nitrogens with zero attached hydrogens (tertiary/aromatic N) is 2. The van der Waals surface area contributed by atoms with Crippen LogP contribution in [0.3, 0.4) is 0 Å². The van der Waals surface area contributed by atoms with Crippen molar-refractivity contribution < 1.29 is 31.1 Å². The van der Waals surface area contributed by atoms with E-state index in [1.807, 2.05) is 0 Å². The molecule has 6 nitrogen and oxygen atoms in total. The Labute approximate surface area is 149 Å². The van der Waals surface area contributed by atoms with Gasteiger partial charge in [-0.1, -0.05) is 11.6 Å². The molecule has 0 fully saturated rings. The van der Waals surface area contributed by atoms with Crippen molar-refractivity contribution in [2.75, 3.05) is 40.9 Å². The third-order valence-corrected chi connectivity index (χ3v) is 5.56. The molecule has 1 aromatic rings. The van der Waals surface area contributed by atoms with Gasteiger partial charge in [-0.25, -0.2) is 8.42 Å². The Morgan fingerprint density at radius 3 is 2.32 bits per heavy atom. The molecule has 0 aliphatic carbocycles. The van der Waals surface area contributed by atoms with E-state index >= 15 is 0 Å². The van der Waals surface area contributed by atoms with Gasteiger partial charge in [0, 0.05) is 27.7 Å². The van der Waals surface area contributed by atoms with E-state index in [0.29, 0.717) is 12.1 Å². The molecule has 1 rings (SSSR count). The lowest BCUT2D eigenvalue weighted by Crippen LogP contribution is -2.32. The molecule has 0 atom stereocenters. The molecule has 0 spiro atoms. The number of likely N-dealkylation sites (N-methyl/N-ethyl adjacent to an activating group) is 2. The Morgan fingerprint density at radius 1 is 1.24 bits per heavy atom. The molecule has 0 unspecified atom stereocenters. The minimum Gasteiger partial charge on any atom is -0.370 e. The third-order valence-electron chi connectivity index (χ3n) is 3.22. The van der Waals surface area contributed by atoms with Crippen LogP contribution in [0.2, 0.25) is 5.02 Å². The lowest BCUT2D eigenvalue weighted by atomic mass is 10.2. The van der Waals surface area contributed by atoms with Crippen molar-refractivity contribution in [3.05, 3.63) is 28.8 Å². The van der Waals surface area contributed by atoms with Crippen LogP contribution < -0.4 is 0 Å². The molecule has 25 heavy (non-hydrogen) atoms. The van der Waals surface area contributed by atoms with Gasteiger partial charge in [0.05, 0.1) is 17.2 Å². The zero-order chi connectivity index (χ0) is 19.4. The average Bonchev–Trinajstić information content (AvgIpc) is 2.49. The summed E-state index contributed by atoms with van der Waals surface area (Å²) >= 11 is 5.71. The molecule has 0 saturated carbocycles. The van der Waals surface area contributed by atoms with E-state index in [-0.39, 0.29) is 25.7 Å². The van der Waals surface area contributed by atoms with Crippen LogP contribution in [0.15, 0.2) is 23.1 Å². The van der Waals surface area contributed by atoms with E-state index in [9.17, 15) is 26.4 Å². The normalized spacial score (nSPS) is 12.5. The van der Waals surface area contributed by atoms with Gasteiger partial charge in [0.25, 0.3) is 0 Å². The second-order valence-electron chi connectivity index (χ2n) is 5.31. The van der Waals surface area contributed by atoms with Gasteiger partial charge in [0.15, 0.2) is 0 Å². The lowest BCUT2D eigenvalue weighted by Gasteiger charge is -2.19. The van der Waals surface area contributed by atoms with Crippen molar-refractivity contribution in [2.45, 2.75) is 11.1 Å². The van der Waals surface area contributed by atoms with Gasteiger partial charge < -0.3 is 9.64 Å². The number of amides is 1. The average molecular weight is 403 g/mol. The van der Waals surface area contributed by atoms with E-state index in [0.717, 1.165) is 10.4 Å². The predicted molar refractivity (Wildman–Crippen MR) is 85.8 cm³/mol. The van der Waals surface area contributed by atoms with Gasteiger partial charge in [-0.3, -0.25) is 4.79 Å². The highest BCUT2D eigenvalue weighted by Gasteiger charge is 2.32. The number of benzene rings is 1. The molecule has 0 aliphatic heterocycles. The number of alkyl halides is 3. The third kappa shape index (κ3) is 5.84. The van der Waals surface area contributed by atoms with Gasteiger partial charge in [0.1, 0.15) is 11.5 Å². The largest absolute Gasteiger partial charge is 0.416 e. The predicted octanol–water partition coefficient (Wildman–Crippen LogP) is 2.08. The number of sulfonamides is 1. The molecule has 1 aromatic carbocycles. The summed E-state index contributed by atoms with van der Waals surface area (Å²) in [7, 11) is 0.247. The van der Waals surface area contributed by atoms with E-state index in [1.165, 1.54) is 11.9 Å². The van der Waals surface area contributed by atoms with Crippen LogP contribution in [0.5, 0.6) is 0 Å². The maximum atomic E-state index is 12.6. The van der Waals surface area contributed by atoms with E-state index in [2.05, 4.69) is 0 Å². The zero-order valence-electron chi connectivity index (χ0n) is 13.8. The van der Waals surface area contributed by atoms with E-state index in [4.69, 9.17) is 16.3 Å². The Bertz CT molecular complexity index is 723. The van der Waals surface area contributed by atoms with Crippen LogP contribution >= 0.6 is 11.6 Å². The first-order valence-corrected chi connectivity index (χ1v) is 8.80. The Balaban J connectivity index is 2.78. The SMILES string of the molecule is CN(C)C(=O)COCCN(C)S(=O)(=O)c1ccc(C(F)(F)F)cc1Cl. The molecule has 0 aliphatic rings. The summed E-state index contributed by atoms with van der Waals surface area (Å²) in [6.07, 6.45) is -4.62. The summed E-state index contributed by atoms with van der Waals surface area (Å²) in [5.74, 6) is -0.281. The first-order valence-electron chi connectivity index (χ1n) is 6.98. The molecule has 0 radical (unpaired) electrons. The summed E-state index contributed by atoms with van der Waals surface area (Å²) in [6, 6.07) is 2.03. The van der Waals surface area contributed by atoms with Crippen LogP contribution in [0, 0.1) is 0 Å². The van der Waals surface area contributed by atoms with Crippen LogP contribution in [-0.4, -0.2) is 64.4 Å². The van der Waals surface area contributed by atoms with Crippen molar-refractivity contribution >= 4 is 27.5 Å². The van der Waals surface area contributed by atoms with E-state index in [1.54, 1.807) is 14.1 Å². The number of carbonyl (C=O) groups excluding carboxylic acids is 1. The fourth-order valence-corrected chi connectivity index (χ4v) is 3.33. The van der Waals surface area contributed by atoms with Crippen molar-refractivity contribution in [3.8, 4) is 0 Å². The highest BCUT2D eigenvalue weighted by molar-refractivity contribution is 7.89. The van der Waals surface area contributed by atoms with Crippen molar-refractivity contribution in [3.63, 3.8) is 0 Å². The van der Waals surface area contributed by atoms with Gasteiger partial charge in [0.2, 0.25) is 15.9 Å². The smallest absolute Gasteiger partial charge is 0.370 e. The molecule has 0 heterocycles. The summed E-state index contributed by atoms with van der Waals surface area (Å²) in [5.41, 5.74) is -1.04. The minimum absolute atomic E-state index is 0.0619. The van der Waals surface area contributed by atoms with Gasteiger partial charge in [-0.2, -0.15) is 17.5 Å². The van der Waals surface area contributed by atoms with Crippen LogP contribution in [0.1, 0.15) is 5.56 Å². The maximum Gasteiger partial charge on any atom is 0.416 e. The highest BCUT2D eigenvalue weighted by atomic mass is 35.5. The number of ether oxygens (including phenoxy) is 1. The Hall–Kier alpha value is -1.36. The van der Waals surface area contributed by atoms with Crippen LogP contribution in [0.4, 0.5) is 13.2 Å². The van der Waals surface area contributed by atoms with Crippen LogP contribution in [0.25, 0.3) is 0 Å². The Morgan fingerprint density at radius 2 is 1.84 bits per heavy atom. The van der Waals surface area contributed by atoms with Crippen LogP contribution in [-0.2, 0) is 25.7 Å². The monoisotopic (exact) mass is 402 g/mol. The maximum absolute atomic E-state index is 12.6. The lowest BCUT2D eigenvalue weighted by molar-refractivity contribution is -0.137. The molecule has 0 bridgehead atoms. The van der Waals surface area contributed by atoms with Crippen molar-refractivity contribution in [1.82, 2.24) is 9.21 Å². The minimum atomic E-state index is -4.62. The van der Waals surface area contributed by atoms with Gasteiger partial charge >= 0.3 is 6.18 Å². The topological polar surface area (TPSA) is 66.9 Å². The number of halogens is 4. The number of hydrogen-bond acceptors (Lipinski definition) is 4. The summed E-state index contributed by atoms with van der Waals surface area (Å²) in [4.78, 5) is 12.2. The van der Waals surface area contributed by atoms with Crippen molar-refractivity contribution in [2.24, 2.45) is 0 Å². The van der Waals surface area contributed by atoms with Crippen molar-refractivity contribution in [1.29, 1.82) is 0 Å². The molecule has 1 amide bonds. The standard InChI is InChI=1S/C14H18ClF3N2O4S/c1-19(2)13(21)9-24-7-6-20(3)25(22,23)12-5-4-10(8-11(12)15)14(16,17)18/h4-5,8H,6-7,9H2,1-3H3. The number of carbonyl (C=O) groups is 1. The quantitative estimate of drug-likeness (QED) is 0.655. The summed E-state index contributed by atoms with van der Waals surface area (Å²) < 4.78 is 68.6. The van der Waals surface area contributed by atoms with E-state index < -0.39 is 31.7 Å². The molecule has 11 heteroatoms. The fourth-order valence-electron chi connectivity index (χ4n) is 1.66. The van der Waals surface area contributed by atoms with Gasteiger partial charge in [-0.05, 0) is 18.2 Å². The van der Waals surface area contributed by atoms with Gasteiger partial charge in [-0.15, -0.1) is 0 Å². The highest BCUT2D eigenvalue weighted by Crippen LogP contribution is 2.34.